The highest BCUT2D eigenvalue weighted by molar-refractivity contribution is 5.93. The summed E-state index contributed by atoms with van der Waals surface area (Å²) in [6.45, 7) is 0. The van der Waals surface area contributed by atoms with E-state index in [4.69, 9.17) is 29.9 Å². The molecular formula is C58H38N6. The van der Waals surface area contributed by atoms with Crippen LogP contribution in [0.2, 0.25) is 0 Å². The molecule has 0 saturated heterocycles. The topological polar surface area (TPSA) is 77.3 Å². The molecule has 11 rings (SSSR count). The Morgan fingerprint density at radius 1 is 0.172 bits per heavy atom. The van der Waals surface area contributed by atoms with Crippen LogP contribution in [0.4, 0.5) is 0 Å². The van der Waals surface area contributed by atoms with Crippen molar-refractivity contribution < 1.29 is 0 Å². The summed E-state index contributed by atoms with van der Waals surface area (Å²) in [5, 5.41) is 2.28. The maximum absolute atomic E-state index is 5.23. The molecule has 0 bridgehead atoms. The fourth-order valence-electron chi connectivity index (χ4n) is 8.25. The molecule has 0 amide bonds. The minimum Gasteiger partial charge on any atom is -0.208 e. The van der Waals surface area contributed by atoms with E-state index >= 15 is 0 Å². The van der Waals surface area contributed by atoms with E-state index < -0.39 is 0 Å². The Morgan fingerprint density at radius 2 is 0.516 bits per heavy atom. The van der Waals surface area contributed by atoms with E-state index in [0.717, 1.165) is 77.5 Å². The molecule has 0 N–H and O–H groups in total. The normalized spacial score (nSPS) is 11.1. The van der Waals surface area contributed by atoms with Crippen molar-refractivity contribution in [3.63, 3.8) is 0 Å². The van der Waals surface area contributed by atoms with Gasteiger partial charge < -0.3 is 0 Å². The van der Waals surface area contributed by atoms with Gasteiger partial charge in [-0.2, -0.15) is 0 Å². The summed E-state index contributed by atoms with van der Waals surface area (Å²) in [4.78, 5) is 30.9. The lowest BCUT2D eigenvalue weighted by molar-refractivity contribution is 1.07. The monoisotopic (exact) mass is 818 g/mol. The number of nitrogens with zero attached hydrogens (tertiary/aromatic N) is 6. The second-order valence-electron chi connectivity index (χ2n) is 15.5. The zero-order chi connectivity index (χ0) is 42.7. The molecule has 9 aromatic carbocycles. The minimum atomic E-state index is 0.578. The molecule has 0 radical (unpaired) electrons. The Bertz CT molecular complexity index is 3430. The van der Waals surface area contributed by atoms with Gasteiger partial charge >= 0.3 is 0 Å². The van der Waals surface area contributed by atoms with E-state index in [1.54, 1.807) is 0 Å². The number of benzene rings is 9. The molecule has 300 valence electrons. The van der Waals surface area contributed by atoms with Crippen molar-refractivity contribution in [3.8, 4) is 102 Å². The van der Waals surface area contributed by atoms with Crippen molar-refractivity contribution in [1.29, 1.82) is 0 Å². The van der Waals surface area contributed by atoms with Gasteiger partial charge in [0.05, 0.1) is 0 Å². The molecule has 11 aromatic rings. The summed E-state index contributed by atoms with van der Waals surface area (Å²) in [5.41, 5.74) is 11.7. The van der Waals surface area contributed by atoms with Crippen LogP contribution in [-0.2, 0) is 0 Å². The molecule has 0 aliphatic heterocycles. The number of rotatable bonds is 9. The van der Waals surface area contributed by atoms with Gasteiger partial charge in [0, 0.05) is 33.4 Å². The smallest absolute Gasteiger partial charge is 0.164 e. The van der Waals surface area contributed by atoms with Crippen molar-refractivity contribution in [2.75, 3.05) is 0 Å². The van der Waals surface area contributed by atoms with Crippen molar-refractivity contribution in [3.05, 3.63) is 231 Å². The van der Waals surface area contributed by atoms with Gasteiger partial charge in [0.2, 0.25) is 0 Å². The van der Waals surface area contributed by atoms with Gasteiger partial charge in [-0.3, -0.25) is 0 Å². The third-order valence-corrected chi connectivity index (χ3v) is 11.4. The highest BCUT2D eigenvalue weighted by Gasteiger charge is 2.21. The van der Waals surface area contributed by atoms with Crippen LogP contribution in [0.5, 0.6) is 0 Å². The lowest BCUT2D eigenvalue weighted by Crippen LogP contribution is -2.02. The summed E-state index contributed by atoms with van der Waals surface area (Å²) in [6.07, 6.45) is 0. The molecule has 0 aliphatic rings. The molecule has 0 saturated carbocycles. The summed E-state index contributed by atoms with van der Waals surface area (Å²) in [5.74, 6) is 3.58. The van der Waals surface area contributed by atoms with Crippen LogP contribution in [0.25, 0.3) is 112 Å². The number of fused-ring (bicyclic) bond motifs is 1. The van der Waals surface area contributed by atoms with E-state index in [1.165, 1.54) is 0 Å². The minimum absolute atomic E-state index is 0.578. The predicted octanol–water partition coefficient (Wildman–Crippen LogP) is 14.2. The summed E-state index contributed by atoms with van der Waals surface area (Å²) >= 11 is 0. The Labute approximate surface area is 371 Å². The molecule has 2 heterocycles. The van der Waals surface area contributed by atoms with E-state index in [-0.39, 0.29) is 0 Å². The van der Waals surface area contributed by atoms with Gasteiger partial charge in [-0.25, -0.2) is 29.9 Å². The Balaban J connectivity index is 1.09. The quantitative estimate of drug-likeness (QED) is 0.144. The summed E-state index contributed by atoms with van der Waals surface area (Å²) in [6, 6.07) is 78.9. The summed E-state index contributed by atoms with van der Waals surface area (Å²) < 4.78 is 0. The molecule has 2 aromatic heterocycles. The third-order valence-electron chi connectivity index (χ3n) is 11.4. The average Bonchev–Trinajstić information content (AvgIpc) is 3.39. The van der Waals surface area contributed by atoms with Crippen molar-refractivity contribution in [2.24, 2.45) is 0 Å². The second kappa shape index (κ2) is 17.0. The van der Waals surface area contributed by atoms with E-state index in [1.807, 2.05) is 84.9 Å². The van der Waals surface area contributed by atoms with Crippen LogP contribution < -0.4 is 0 Å². The number of aromatic nitrogens is 6. The van der Waals surface area contributed by atoms with Crippen LogP contribution in [0.15, 0.2) is 231 Å². The van der Waals surface area contributed by atoms with E-state index in [0.29, 0.717) is 34.9 Å². The zero-order valence-electron chi connectivity index (χ0n) is 34.6. The molecule has 0 spiro atoms. The molecule has 0 aliphatic carbocycles. The average molecular weight is 819 g/mol. The Morgan fingerprint density at radius 3 is 1.06 bits per heavy atom. The summed E-state index contributed by atoms with van der Waals surface area (Å²) in [7, 11) is 0. The lowest BCUT2D eigenvalue weighted by atomic mass is 9.90. The zero-order valence-corrected chi connectivity index (χ0v) is 34.6. The SMILES string of the molecule is c1ccc(-c2nc(-c3ccc(-c4ccccc4-c4nc(-c5ccccc5)nc(-c5ccc6ccccc6c5)n4)c(-c4ccccc4)c3)nc(-c3ccccc3-c3ccccc3)n2)cc1. The van der Waals surface area contributed by atoms with Crippen LogP contribution in [0.3, 0.4) is 0 Å². The van der Waals surface area contributed by atoms with Crippen LogP contribution in [0, 0.1) is 0 Å². The van der Waals surface area contributed by atoms with E-state index in [2.05, 4.69) is 146 Å². The van der Waals surface area contributed by atoms with Crippen LogP contribution >= 0.6 is 0 Å². The third kappa shape index (κ3) is 7.61. The van der Waals surface area contributed by atoms with Gasteiger partial charge in [0.25, 0.3) is 0 Å². The standard InChI is InChI=1S/C58H38N6/c1-5-20-40(21-6-1)47-29-15-17-31-50(47)57-61-54(43-26-11-4-12-27-43)60-56(64-57)46-35-36-49(52(38-46)41-22-7-2-8-23-41)48-30-16-18-32-51(48)58-62-53(42-24-9-3-10-25-42)59-55(63-58)45-34-33-39-19-13-14-28-44(39)37-45/h1-38H. The highest BCUT2D eigenvalue weighted by Crippen LogP contribution is 2.41. The fourth-order valence-corrected chi connectivity index (χ4v) is 8.25. The van der Waals surface area contributed by atoms with Crippen molar-refractivity contribution >= 4 is 10.8 Å². The van der Waals surface area contributed by atoms with Crippen LogP contribution in [-0.4, -0.2) is 29.9 Å². The number of hydrogen-bond acceptors (Lipinski definition) is 6. The maximum atomic E-state index is 5.23. The molecule has 0 atom stereocenters. The van der Waals surface area contributed by atoms with Gasteiger partial charge in [-0.1, -0.05) is 218 Å². The van der Waals surface area contributed by atoms with E-state index in [9.17, 15) is 0 Å². The van der Waals surface area contributed by atoms with Crippen molar-refractivity contribution in [1.82, 2.24) is 29.9 Å². The van der Waals surface area contributed by atoms with Gasteiger partial charge in [-0.15, -0.1) is 0 Å². The fraction of sp³-hybridized carbons (Fsp3) is 0. The first-order chi connectivity index (χ1) is 31.7. The highest BCUT2D eigenvalue weighted by atomic mass is 15.0. The molecule has 6 heteroatoms. The molecule has 6 nitrogen and oxygen atoms in total. The molecule has 64 heavy (non-hydrogen) atoms. The van der Waals surface area contributed by atoms with Gasteiger partial charge in [0.1, 0.15) is 0 Å². The Kier molecular flexibility index (Phi) is 10.1. The molecular weight excluding hydrogens is 781 g/mol. The first-order valence-electron chi connectivity index (χ1n) is 21.3. The van der Waals surface area contributed by atoms with Gasteiger partial charge in [0.15, 0.2) is 34.9 Å². The largest absolute Gasteiger partial charge is 0.208 e. The second-order valence-corrected chi connectivity index (χ2v) is 15.5. The van der Waals surface area contributed by atoms with Gasteiger partial charge in [-0.05, 0) is 56.3 Å². The van der Waals surface area contributed by atoms with Crippen molar-refractivity contribution in [2.45, 2.75) is 0 Å². The van der Waals surface area contributed by atoms with Crippen LogP contribution in [0.1, 0.15) is 0 Å². The predicted molar refractivity (Wildman–Crippen MR) is 260 cm³/mol. The maximum Gasteiger partial charge on any atom is 0.164 e. The molecule has 0 fully saturated rings. The first-order valence-corrected chi connectivity index (χ1v) is 21.3. The number of hydrogen-bond donors (Lipinski definition) is 0. The lowest BCUT2D eigenvalue weighted by Gasteiger charge is -2.17. The first kappa shape index (κ1) is 38.2. The molecule has 0 unspecified atom stereocenters. The Hall–Kier alpha value is -8.74.